The van der Waals surface area contributed by atoms with Crippen LogP contribution in [0.1, 0.15) is 29.6 Å². The molecule has 2 fully saturated rings. The molecule has 3 rings (SSSR count). The van der Waals surface area contributed by atoms with Crippen molar-refractivity contribution in [3.05, 3.63) is 35.6 Å². The second kappa shape index (κ2) is 5.29. The van der Waals surface area contributed by atoms with Crippen LogP contribution in [-0.4, -0.2) is 36.5 Å². The second-order valence-corrected chi connectivity index (χ2v) is 5.48. The Morgan fingerprint density at radius 3 is 3.00 bits per heavy atom. The maximum absolute atomic E-state index is 13.7. The van der Waals surface area contributed by atoms with Crippen LogP contribution in [0.15, 0.2) is 24.3 Å². The molecule has 0 aliphatic carbocycles. The lowest BCUT2D eigenvalue weighted by Gasteiger charge is -2.41. The lowest BCUT2D eigenvalue weighted by Crippen LogP contribution is -2.53. The van der Waals surface area contributed by atoms with Crippen molar-refractivity contribution in [2.45, 2.75) is 25.3 Å². The summed E-state index contributed by atoms with van der Waals surface area (Å²) < 4.78 is 13.7. The second-order valence-electron chi connectivity index (χ2n) is 5.48. The highest BCUT2D eigenvalue weighted by molar-refractivity contribution is 5.94. The average molecular weight is 262 g/mol. The Morgan fingerprint density at radius 1 is 1.32 bits per heavy atom. The van der Waals surface area contributed by atoms with E-state index in [1.807, 2.05) is 4.90 Å². The standard InChI is InChI=1S/C15H19FN2O/c16-13-6-2-1-5-12(13)15(19)18-9-7-14-11(10-18)4-3-8-17-14/h1-2,5-6,11,14,17H,3-4,7-10H2/t11-,14+/m1/s1. The predicted molar refractivity (Wildman–Crippen MR) is 71.4 cm³/mol. The molecule has 2 aliphatic heterocycles. The van der Waals surface area contributed by atoms with E-state index in [0.717, 1.165) is 26.1 Å². The first-order valence-corrected chi connectivity index (χ1v) is 7.03. The molecule has 0 radical (unpaired) electrons. The number of halogens is 1. The maximum atomic E-state index is 13.7. The van der Waals surface area contributed by atoms with E-state index in [1.165, 1.54) is 18.9 Å². The number of fused-ring (bicyclic) bond motifs is 1. The molecule has 2 atom stereocenters. The molecule has 0 spiro atoms. The van der Waals surface area contributed by atoms with Crippen LogP contribution < -0.4 is 5.32 Å². The highest BCUT2D eigenvalue weighted by atomic mass is 19.1. The molecule has 1 amide bonds. The summed E-state index contributed by atoms with van der Waals surface area (Å²) in [5, 5.41) is 3.52. The summed E-state index contributed by atoms with van der Waals surface area (Å²) in [6, 6.07) is 6.79. The maximum Gasteiger partial charge on any atom is 0.256 e. The van der Waals surface area contributed by atoms with Crippen LogP contribution in [0.25, 0.3) is 0 Å². The van der Waals surface area contributed by atoms with Crippen molar-refractivity contribution in [1.29, 1.82) is 0 Å². The van der Waals surface area contributed by atoms with Crippen LogP contribution in [0.2, 0.25) is 0 Å². The van der Waals surface area contributed by atoms with Crippen molar-refractivity contribution in [1.82, 2.24) is 10.2 Å². The van der Waals surface area contributed by atoms with Crippen LogP contribution in [0.4, 0.5) is 4.39 Å². The summed E-state index contributed by atoms with van der Waals surface area (Å²) >= 11 is 0. The molecular formula is C15H19FN2O. The van der Waals surface area contributed by atoms with Crippen molar-refractivity contribution < 1.29 is 9.18 Å². The van der Waals surface area contributed by atoms with E-state index in [4.69, 9.17) is 0 Å². The third-order valence-electron chi connectivity index (χ3n) is 4.28. The highest BCUT2D eigenvalue weighted by Crippen LogP contribution is 2.26. The minimum atomic E-state index is -0.420. The topological polar surface area (TPSA) is 32.3 Å². The smallest absolute Gasteiger partial charge is 0.256 e. The van der Waals surface area contributed by atoms with Gasteiger partial charge in [-0.2, -0.15) is 0 Å². The summed E-state index contributed by atoms with van der Waals surface area (Å²) in [7, 11) is 0. The first-order chi connectivity index (χ1) is 9.25. The third kappa shape index (κ3) is 2.50. The van der Waals surface area contributed by atoms with Gasteiger partial charge < -0.3 is 10.2 Å². The molecule has 2 saturated heterocycles. The third-order valence-corrected chi connectivity index (χ3v) is 4.28. The van der Waals surface area contributed by atoms with Gasteiger partial charge in [0.05, 0.1) is 5.56 Å². The molecule has 0 bridgehead atoms. The zero-order valence-corrected chi connectivity index (χ0v) is 10.9. The predicted octanol–water partition coefficient (Wildman–Crippen LogP) is 2.04. The molecule has 1 aromatic rings. The van der Waals surface area contributed by atoms with Gasteiger partial charge in [-0.3, -0.25) is 4.79 Å². The average Bonchev–Trinajstić information content (AvgIpc) is 2.46. The molecule has 0 unspecified atom stereocenters. The fourth-order valence-electron chi connectivity index (χ4n) is 3.23. The van der Waals surface area contributed by atoms with Crippen molar-refractivity contribution >= 4 is 5.91 Å². The number of hydrogen-bond donors (Lipinski definition) is 1. The lowest BCUT2D eigenvalue weighted by molar-refractivity contribution is 0.0588. The van der Waals surface area contributed by atoms with Crippen LogP contribution in [0, 0.1) is 11.7 Å². The molecule has 1 aromatic carbocycles. The largest absolute Gasteiger partial charge is 0.338 e. The van der Waals surface area contributed by atoms with Crippen LogP contribution in [0.5, 0.6) is 0 Å². The Morgan fingerprint density at radius 2 is 2.16 bits per heavy atom. The Bertz CT molecular complexity index is 477. The monoisotopic (exact) mass is 262 g/mol. The fourth-order valence-corrected chi connectivity index (χ4v) is 3.23. The number of carbonyl (C=O) groups is 1. The Hall–Kier alpha value is -1.42. The number of rotatable bonds is 1. The number of nitrogens with one attached hydrogen (secondary N) is 1. The molecule has 19 heavy (non-hydrogen) atoms. The molecule has 2 heterocycles. The van der Waals surface area contributed by atoms with Gasteiger partial charge in [0.15, 0.2) is 0 Å². The number of nitrogens with zero attached hydrogens (tertiary/aromatic N) is 1. The lowest BCUT2D eigenvalue weighted by atomic mass is 9.85. The molecule has 0 saturated carbocycles. The molecule has 0 aromatic heterocycles. The van der Waals surface area contributed by atoms with E-state index in [-0.39, 0.29) is 11.5 Å². The van der Waals surface area contributed by atoms with Gasteiger partial charge in [0.2, 0.25) is 0 Å². The SMILES string of the molecule is O=C(c1ccccc1F)N1CC[C@@H]2NCCC[C@@H]2C1. The highest BCUT2D eigenvalue weighted by Gasteiger charge is 2.33. The van der Waals surface area contributed by atoms with Gasteiger partial charge in [0.25, 0.3) is 5.91 Å². The van der Waals surface area contributed by atoms with Crippen LogP contribution >= 0.6 is 0 Å². The van der Waals surface area contributed by atoms with E-state index in [0.29, 0.717) is 12.0 Å². The van der Waals surface area contributed by atoms with Gasteiger partial charge in [-0.05, 0) is 43.9 Å². The molecule has 1 N–H and O–H groups in total. The summed E-state index contributed by atoms with van der Waals surface area (Å²) in [6.45, 7) is 2.56. The van der Waals surface area contributed by atoms with E-state index in [2.05, 4.69) is 5.32 Å². The van der Waals surface area contributed by atoms with Gasteiger partial charge in [0, 0.05) is 19.1 Å². The fraction of sp³-hybridized carbons (Fsp3) is 0.533. The summed E-state index contributed by atoms with van der Waals surface area (Å²) in [4.78, 5) is 14.2. The van der Waals surface area contributed by atoms with Gasteiger partial charge in [-0.1, -0.05) is 12.1 Å². The molecular weight excluding hydrogens is 243 g/mol. The van der Waals surface area contributed by atoms with Crippen molar-refractivity contribution in [3.8, 4) is 0 Å². The van der Waals surface area contributed by atoms with Crippen molar-refractivity contribution in [2.75, 3.05) is 19.6 Å². The van der Waals surface area contributed by atoms with Gasteiger partial charge >= 0.3 is 0 Å². The van der Waals surface area contributed by atoms with E-state index >= 15 is 0 Å². The Kier molecular flexibility index (Phi) is 3.51. The Labute approximate surface area is 112 Å². The summed E-state index contributed by atoms with van der Waals surface area (Å²) in [5.74, 6) is -0.0586. The van der Waals surface area contributed by atoms with E-state index in [9.17, 15) is 9.18 Å². The first kappa shape index (κ1) is 12.6. The number of amides is 1. The van der Waals surface area contributed by atoms with Crippen molar-refractivity contribution in [2.24, 2.45) is 5.92 Å². The van der Waals surface area contributed by atoms with Crippen LogP contribution in [-0.2, 0) is 0 Å². The first-order valence-electron chi connectivity index (χ1n) is 7.03. The number of piperidine rings is 2. The summed E-state index contributed by atoms with van der Waals surface area (Å²) in [6.07, 6.45) is 3.31. The van der Waals surface area contributed by atoms with E-state index in [1.54, 1.807) is 18.2 Å². The Balaban J connectivity index is 1.73. The number of carbonyl (C=O) groups excluding carboxylic acids is 1. The molecule has 2 aliphatic rings. The minimum Gasteiger partial charge on any atom is -0.338 e. The summed E-state index contributed by atoms with van der Waals surface area (Å²) in [5.41, 5.74) is 0.199. The molecule has 4 heteroatoms. The van der Waals surface area contributed by atoms with Gasteiger partial charge in [-0.15, -0.1) is 0 Å². The van der Waals surface area contributed by atoms with E-state index < -0.39 is 5.82 Å². The minimum absolute atomic E-state index is 0.165. The van der Waals surface area contributed by atoms with Gasteiger partial charge in [0.1, 0.15) is 5.82 Å². The molecule has 3 nitrogen and oxygen atoms in total. The van der Waals surface area contributed by atoms with Gasteiger partial charge in [-0.25, -0.2) is 4.39 Å². The normalized spacial score (nSPS) is 26.9. The number of hydrogen-bond acceptors (Lipinski definition) is 2. The number of benzene rings is 1. The molecule has 102 valence electrons. The zero-order chi connectivity index (χ0) is 13.2. The van der Waals surface area contributed by atoms with Crippen molar-refractivity contribution in [3.63, 3.8) is 0 Å². The van der Waals surface area contributed by atoms with Crippen LogP contribution in [0.3, 0.4) is 0 Å². The zero-order valence-electron chi connectivity index (χ0n) is 10.9. The number of likely N-dealkylation sites (tertiary alicyclic amines) is 1. The quantitative estimate of drug-likeness (QED) is 0.840.